The van der Waals surface area contributed by atoms with E-state index < -0.39 is 4.92 Å². The summed E-state index contributed by atoms with van der Waals surface area (Å²) in [6, 6.07) is 4.66. The van der Waals surface area contributed by atoms with Crippen LogP contribution in [0.15, 0.2) is 30.9 Å². The van der Waals surface area contributed by atoms with E-state index in [2.05, 4.69) is 10.2 Å². The average Bonchev–Trinajstić information content (AvgIpc) is 2.82. The third-order valence-corrected chi connectivity index (χ3v) is 2.15. The maximum atomic E-state index is 11.0. The highest BCUT2D eigenvalue weighted by Gasteiger charge is 2.16. The topological polar surface area (TPSA) is 83.1 Å². The zero-order chi connectivity index (χ0) is 12.3. The molecule has 0 unspecified atom stereocenters. The summed E-state index contributed by atoms with van der Waals surface area (Å²) in [4.78, 5) is 10.5. The normalized spacial score (nSPS) is 10.2. The number of nitro benzene ring substituents is 1. The third-order valence-electron chi connectivity index (χ3n) is 2.15. The van der Waals surface area contributed by atoms with Crippen molar-refractivity contribution >= 4 is 5.69 Å². The minimum absolute atomic E-state index is 0.0456. The number of rotatable bonds is 4. The highest BCUT2D eigenvalue weighted by molar-refractivity contribution is 5.55. The van der Waals surface area contributed by atoms with Crippen LogP contribution in [0.5, 0.6) is 5.75 Å². The van der Waals surface area contributed by atoms with Crippen molar-refractivity contribution < 1.29 is 9.66 Å². The monoisotopic (exact) mass is 234 g/mol. The molecule has 2 rings (SSSR count). The van der Waals surface area contributed by atoms with E-state index in [9.17, 15) is 10.1 Å². The Hall–Kier alpha value is -2.44. The Morgan fingerprint density at radius 2 is 2.12 bits per heavy atom. The van der Waals surface area contributed by atoms with Crippen molar-refractivity contribution in [1.29, 1.82) is 0 Å². The summed E-state index contributed by atoms with van der Waals surface area (Å²) >= 11 is 0. The fourth-order valence-corrected chi connectivity index (χ4v) is 1.45. The van der Waals surface area contributed by atoms with Gasteiger partial charge < -0.3 is 4.74 Å². The van der Waals surface area contributed by atoms with Crippen LogP contribution < -0.4 is 4.74 Å². The van der Waals surface area contributed by atoms with Gasteiger partial charge in [-0.1, -0.05) is 0 Å². The highest BCUT2D eigenvalue weighted by atomic mass is 16.6. The Morgan fingerprint density at radius 1 is 1.41 bits per heavy atom. The van der Waals surface area contributed by atoms with Crippen molar-refractivity contribution in [2.24, 2.45) is 0 Å². The number of hydrogen-bond donors (Lipinski definition) is 0. The number of aromatic nitrogens is 3. The predicted octanol–water partition coefficient (Wildman–Crippen LogP) is 1.57. The first kappa shape index (κ1) is 11.1. The van der Waals surface area contributed by atoms with E-state index in [0.29, 0.717) is 18.0 Å². The Kier molecular flexibility index (Phi) is 2.99. The second-order valence-corrected chi connectivity index (χ2v) is 3.21. The molecule has 1 heterocycles. The molecule has 0 aliphatic heterocycles. The average molecular weight is 234 g/mol. The van der Waals surface area contributed by atoms with Crippen molar-refractivity contribution in [2.75, 3.05) is 6.61 Å². The maximum Gasteiger partial charge on any atom is 0.296 e. The summed E-state index contributed by atoms with van der Waals surface area (Å²) in [7, 11) is 0. The van der Waals surface area contributed by atoms with Gasteiger partial charge in [0.2, 0.25) is 0 Å². The zero-order valence-corrected chi connectivity index (χ0v) is 9.11. The standard InChI is InChI=1S/C10H10N4O3/c1-2-17-8-3-4-9(10(5-8)14(15)16)13-6-11-12-7-13/h3-7H,2H2,1H3. The van der Waals surface area contributed by atoms with Gasteiger partial charge in [-0.3, -0.25) is 14.7 Å². The van der Waals surface area contributed by atoms with Gasteiger partial charge in [0, 0.05) is 0 Å². The van der Waals surface area contributed by atoms with Crippen LogP contribution in [-0.4, -0.2) is 26.3 Å². The van der Waals surface area contributed by atoms with Crippen LogP contribution in [0.1, 0.15) is 6.92 Å². The second-order valence-electron chi connectivity index (χ2n) is 3.21. The van der Waals surface area contributed by atoms with Crippen LogP contribution in [0.2, 0.25) is 0 Å². The van der Waals surface area contributed by atoms with Gasteiger partial charge in [0.15, 0.2) is 0 Å². The number of benzene rings is 1. The van der Waals surface area contributed by atoms with Crippen molar-refractivity contribution in [3.63, 3.8) is 0 Å². The lowest BCUT2D eigenvalue weighted by Gasteiger charge is -2.06. The molecule has 1 aromatic heterocycles. The van der Waals surface area contributed by atoms with Crippen LogP contribution >= 0.6 is 0 Å². The molecule has 0 saturated carbocycles. The van der Waals surface area contributed by atoms with E-state index in [4.69, 9.17) is 4.74 Å². The third kappa shape index (κ3) is 2.22. The van der Waals surface area contributed by atoms with Crippen molar-refractivity contribution in [3.05, 3.63) is 41.0 Å². The lowest BCUT2D eigenvalue weighted by atomic mass is 10.2. The fraction of sp³-hybridized carbons (Fsp3) is 0.200. The van der Waals surface area contributed by atoms with E-state index in [0.717, 1.165) is 0 Å². The minimum atomic E-state index is -0.460. The van der Waals surface area contributed by atoms with Gasteiger partial charge in [0.25, 0.3) is 5.69 Å². The molecule has 0 N–H and O–H groups in total. The van der Waals surface area contributed by atoms with E-state index >= 15 is 0 Å². The molecule has 0 aliphatic carbocycles. The Bertz CT molecular complexity index is 524. The Labute approximate surface area is 96.8 Å². The van der Waals surface area contributed by atoms with Gasteiger partial charge in [0.1, 0.15) is 24.1 Å². The first-order valence-corrected chi connectivity index (χ1v) is 4.98. The summed E-state index contributed by atoms with van der Waals surface area (Å²) in [5.41, 5.74) is 0.360. The van der Waals surface area contributed by atoms with Gasteiger partial charge in [-0.05, 0) is 19.1 Å². The summed E-state index contributed by atoms with van der Waals surface area (Å²) in [6.45, 7) is 2.28. The van der Waals surface area contributed by atoms with Gasteiger partial charge in [-0.15, -0.1) is 10.2 Å². The van der Waals surface area contributed by atoms with Gasteiger partial charge in [-0.25, -0.2) is 0 Å². The number of hydrogen-bond acceptors (Lipinski definition) is 5. The first-order chi connectivity index (χ1) is 8.22. The zero-order valence-electron chi connectivity index (χ0n) is 9.11. The quantitative estimate of drug-likeness (QED) is 0.592. The van der Waals surface area contributed by atoms with E-state index in [-0.39, 0.29) is 5.69 Å². The predicted molar refractivity (Wildman–Crippen MR) is 59.2 cm³/mol. The Balaban J connectivity index is 2.49. The van der Waals surface area contributed by atoms with E-state index in [1.807, 2.05) is 6.92 Å². The molecule has 88 valence electrons. The SMILES string of the molecule is CCOc1ccc(-n2cnnc2)c([N+](=O)[O-])c1. The molecule has 17 heavy (non-hydrogen) atoms. The van der Waals surface area contributed by atoms with Gasteiger partial charge in [-0.2, -0.15) is 0 Å². The molecular weight excluding hydrogens is 224 g/mol. The number of ether oxygens (including phenoxy) is 1. The van der Waals surface area contributed by atoms with Crippen LogP contribution in [0.4, 0.5) is 5.69 Å². The molecule has 0 aliphatic rings. The summed E-state index contributed by atoms with van der Waals surface area (Å²) in [5, 5.41) is 18.2. The smallest absolute Gasteiger partial charge is 0.296 e. The molecule has 0 atom stereocenters. The largest absolute Gasteiger partial charge is 0.494 e. The van der Waals surface area contributed by atoms with Gasteiger partial charge >= 0.3 is 0 Å². The number of nitrogens with zero attached hydrogens (tertiary/aromatic N) is 4. The summed E-state index contributed by atoms with van der Waals surface area (Å²) in [6.07, 6.45) is 2.81. The molecule has 0 saturated heterocycles. The molecule has 7 heteroatoms. The minimum Gasteiger partial charge on any atom is -0.494 e. The van der Waals surface area contributed by atoms with Crippen LogP contribution in [-0.2, 0) is 0 Å². The molecule has 0 fully saturated rings. The summed E-state index contributed by atoms with van der Waals surface area (Å²) < 4.78 is 6.70. The first-order valence-electron chi connectivity index (χ1n) is 4.98. The fourth-order valence-electron chi connectivity index (χ4n) is 1.45. The molecule has 2 aromatic rings. The molecule has 7 nitrogen and oxygen atoms in total. The Morgan fingerprint density at radius 3 is 2.71 bits per heavy atom. The summed E-state index contributed by atoms with van der Waals surface area (Å²) in [5.74, 6) is 0.469. The molecule has 1 aromatic carbocycles. The van der Waals surface area contributed by atoms with E-state index in [1.165, 1.54) is 23.3 Å². The second kappa shape index (κ2) is 4.60. The number of nitro groups is 1. The van der Waals surface area contributed by atoms with Gasteiger partial charge in [0.05, 0.1) is 17.6 Å². The van der Waals surface area contributed by atoms with Crippen LogP contribution in [0, 0.1) is 10.1 Å². The maximum absolute atomic E-state index is 11.0. The lowest BCUT2D eigenvalue weighted by molar-refractivity contribution is -0.384. The lowest BCUT2D eigenvalue weighted by Crippen LogP contribution is -2.00. The highest BCUT2D eigenvalue weighted by Crippen LogP contribution is 2.27. The molecule has 0 amide bonds. The molecule has 0 spiro atoms. The van der Waals surface area contributed by atoms with Crippen molar-refractivity contribution in [1.82, 2.24) is 14.8 Å². The van der Waals surface area contributed by atoms with Crippen molar-refractivity contribution in [3.8, 4) is 11.4 Å². The molecular formula is C10H10N4O3. The molecule has 0 bridgehead atoms. The van der Waals surface area contributed by atoms with Crippen molar-refractivity contribution in [2.45, 2.75) is 6.92 Å². The molecule has 0 radical (unpaired) electrons. The van der Waals surface area contributed by atoms with Crippen LogP contribution in [0.3, 0.4) is 0 Å². The van der Waals surface area contributed by atoms with E-state index in [1.54, 1.807) is 12.1 Å². The van der Waals surface area contributed by atoms with Crippen LogP contribution in [0.25, 0.3) is 5.69 Å².